The molecule has 0 unspecified atom stereocenters. The van der Waals surface area contributed by atoms with Crippen LogP contribution in [0, 0.1) is 5.92 Å². The fraction of sp³-hybridized carbons (Fsp3) is 0.444. The number of benzene rings is 3. The molecular weight excluding hydrogens is 600 g/mol. The van der Waals surface area contributed by atoms with E-state index >= 15 is 4.11 Å². The number of halogens is 1. The molecule has 7 rings (SSSR count). The van der Waals surface area contributed by atoms with E-state index in [-0.39, 0.29) is 24.3 Å². The number of fused-ring (bicyclic) bond motifs is 2. The fourth-order valence-corrected chi connectivity index (χ4v) is 11.2. The number of hydrogen-bond donors (Lipinski definition) is 2. The molecule has 3 aromatic rings. The number of anilines is 3. The van der Waals surface area contributed by atoms with Crippen LogP contribution >= 0.6 is 0 Å². The average molecular weight is 643 g/mol. The van der Waals surface area contributed by atoms with Crippen LogP contribution in [0.4, 0.5) is 21.2 Å². The Morgan fingerprint density at radius 3 is 2.28 bits per heavy atom. The van der Waals surface area contributed by atoms with Gasteiger partial charge in [0, 0.05) is 35.0 Å². The van der Waals surface area contributed by atoms with Crippen LogP contribution in [-0.2, 0) is 26.5 Å². The van der Waals surface area contributed by atoms with Crippen molar-refractivity contribution >= 4 is 37.3 Å². The van der Waals surface area contributed by atoms with Crippen LogP contribution in [0.15, 0.2) is 78.9 Å². The minimum absolute atomic E-state index is 0.120. The highest BCUT2D eigenvalue weighted by molar-refractivity contribution is 6.72. The van der Waals surface area contributed by atoms with Crippen molar-refractivity contribution in [3.8, 4) is 0 Å². The lowest BCUT2D eigenvalue weighted by Gasteiger charge is -2.39. The van der Waals surface area contributed by atoms with Crippen LogP contribution < -0.4 is 20.0 Å². The van der Waals surface area contributed by atoms with Gasteiger partial charge in [0.1, 0.15) is 5.54 Å². The molecule has 0 radical (unpaired) electrons. The van der Waals surface area contributed by atoms with Gasteiger partial charge in [0.15, 0.2) is 5.60 Å². The summed E-state index contributed by atoms with van der Waals surface area (Å²) in [4.78, 5) is 34.5. The molecule has 46 heavy (non-hydrogen) atoms. The summed E-state index contributed by atoms with van der Waals surface area (Å²) < 4.78 is 22.3. The number of ether oxygens (including phenoxy) is 1. The summed E-state index contributed by atoms with van der Waals surface area (Å²) in [5, 5.41) is 13.2. The maximum absolute atomic E-state index is 15.8. The highest BCUT2D eigenvalue weighted by atomic mass is 28.4. The molecule has 2 spiro atoms. The summed E-state index contributed by atoms with van der Waals surface area (Å²) in [6.07, 6.45) is 1.26. The Bertz CT molecular complexity index is 1610. The number of piperidine rings is 1. The second-order valence-electron chi connectivity index (χ2n) is 13.8. The Balaban J connectivity index is 1.16. The molecule has 2 N–H and O–H groups in total. The maximum Gasteiger partial charge on any atom is 0.264 e. The van der Waals surface area contributed by atoms with E-state index in [0.29, 0.717) is 19.6 Å². The zero-order valence-electron chi connectivity index (χ0n) is 26.8. The number of carbonyl (C=O) groups excluding carboxylic acids is 2. The number of hydrogen-bond acceptors (Lipinski definition) is 6. The zero-order chi connectivity index (χ0) is 32.3. The highest BCUT2D eigenvalue weighted by Gasteiger charge is 2.66. The van der Waals surface area contributed by atoms with E-state index < -0.39 is 31.2 Å². The molecule has 4 atom stereocenters. The molecule has 3 saturated heterocycles. The van der Waals surface area contributed by atoms with E-state index in [4.69, 9.17) is 4.74 Å². The third-order valence-corrected chi connectivity index (χ3v) is 13.3. The monoisotopic (exact) mass is 642 g/mol. The van der Waals surface area contributed by atoms with Gasteiger partial charge in [-0.15, -0.1) is 0 Å². The Morgan fingerprint density at radius 2 is 1.61 bits per heavy atom. The molecule has 10 heteroatoms. The first-order chi connectivity index (χ1) is 22.1. The molecule has 0 aliphatic carbocycles. The van der Waals surface area contributed by atoms with Gasteiger partial charge in [-0.3, -0.25) is 14.5 Å². The fourth-order valence-electron chi connectivity index (χ4n) is 8.69. The van der Waals surface area contributed by atoms with Gasteiger partial charge in [0.25, 0.3) is 11.8 Å². The lowest BCUT2D eigenvalue weighted by atomic mass is 9.82. The van der Waals surface area contributed by atoms with Gasteiger partial charge in [-0.1, -0.05) is 55.5 Å². The quantitative estimate of drug-likeness (QED) is 0.268. The topological polar surface area (TPSA) is 85.3 Å². The van der Waals surface area contributed by atoms with Crippen molar-refractivity contribution in [2.45, 2.75) is 68.6 Å². The van der Waals surface area contributed by atoms with Crippen LogP contribution in [0.2, 0.25) is 18.6 Å². The van der Waals surface area contributed by atoms with Gasteiger partial charge in [0.05, 0.1) is 25.0 Å². The maximum atomic E-state index is 15.8. The Morgan fingerprint density at radius 1 is 0.935 bits per heavy atom. The summed E-state index contributed by atoms with van der Waals surface area (Å²) in [5.74, 6) is -0.447. The Kier molecular flexibility index (Phi) is 7.82. The van der Waals surface area contributed by atoms with Crippen LogP contribution in [0.5, 0.6) is 0 Å². The number of para-hydroxylation sites is 2. The zero-order valence-corrected chi connectivity index (χ0v) is 27.8. The van der Waals surface area contributed by atoms with Crippen molar-refractivity contribution in [2.24, 2.45) is 5.92 Å². The SMILES string of the molecule is C[C@@H]1[C@@H]([Si](C)(C)F)[C@H](CCO)O[C@@]12C(=O)N(Cc1ccc(N3CN(c4ccccc4)C4(CCNCC4)C3=O)cc1)c1ccccc12. The first kappa shape index (κ1) is 31.0. The predicted octanol–water partition coefficient (Wildman–Crippen LogP) is 5.32. The van der Waals surface area contributed by atoms with Gasteiger partial charge in [-0.2, -0.15) is 0 Å². The summed E-state index contributed by atoms with van der Waals surface area (Å²) in [6, 6.07) is 25.7. The van der Waals surface area contributed by atoms with Gasteiger partial charge in [-0.25, -0.2) is 0 Å². The van der Waals surface area contributed by atoms with Crippen LogP contribution in [0.25, 0.3) is 0 Å². The molecule has 242 valence electrons. The lowest BCUT2D eigenvalue weighted by molar-refractivity contribution is -0.146. The van der Waals surface area contributed by atoms with Gasteiger partial charge in [0.2, 0.25) is 8.41 Å². The second kappa shape index (κ2) is 11.6. The minimum atomic E-state index is -3.24. The third-order valence-electron chi connectivity index (χ3n) is 10.8. The van der Waals surface area contributed by atoms with Crippen molar-refractivity contribution in [1.29, 1.82) is 0 Å². The molecule has 8 nitrogen and oxygen atoms in total. The molecule has 4 aliphatic rings. The molecule has 4 heterocycles. The van der Waals surface area contributed by atoms with E-state index in [1.807, 2.05) is 78.6 Å². The number of rotatable bonds is 7. The van der Waals surface area contributed by atoms with Crippen molar-refractivity contribution < 1.29 is 23.5 Å². The largest absolute Gasteiger partial charge is 0.396 e. The van der Waals surface area contributed by atoms with E-state index in [9.17, 15) is 14.7 Å². The summed E-state index contributed by atoms with van der Waals surface area (Å²) in [5.41, 5.74) is 2.04. The van der Waals surface area contributed by atoms with E-state index in [1.54, 1.807) is 18.0 Å². The summed E-state index contributed by atoms with van der Waals surface area (Å²) >= 11 is 0. The molecule has 2 amide bonds. The second-order valence-corrected chi connectivity index (χ2v) is 17.6. The molecule has 0 saturated carbocycles. The lowest BCUT2D eigenvalue weighted by Crippen LogP contribution is -2.55. The number of aliphatic hydroxyl groups excluding tert-OH is 1. The highest BCUT2D eigenvalue weighted by Crippen LogP contribution is 2.60. The number of nitrogens with zero attached hydrogens (tertiary/aromatic N) is 3. The van der Waals surface area contributed by atoms with Crippen molar-refractivity contribution in [2.75, 3.05) is 41.1 Å². The van der Waals surface area contributed by atoms with Gasteiger partial charge in [-0.05, 0) is 81.3 Å². The van der Waals surface area contributed by atoms with Crippen molar-refractivity contribution in [3.05, 3.63) is 90.0 Å². The van der Waals surface area contributed by atoms with Crippen LogP contribution in [-0.4, -0.2) is 63.3 Å². The van der Waals surface area contributed by atoms with Gasteiger partial charge >= 0.3 is 0 Å². The number of nitrogens with one attached hydrogen (secondary N) is 1. The van der Waals surface area contributed by atoms with E-state index in [2.05, 4.69) is 22.3 Å². The molecule has 3 fully saturated rings. The van der Waals surface area contributed by atoms with Crippen LogP contribution in [0.1, 0.15) is 37.3 Å². The number of amides is 2. The first-order valence-corrected chi connectivity index (χ1v) is 19.4. The summed E-state index contributed by atoms with van der Waals surface area (Å²) in [6.45, 7) is 7.53. The molecule has 4 aliphatic heterocycles. The Labute approximate surface area is 271 Å². The number of aliphatic hydroxyl groups is 1. The standard InChI is InChI=1S/C36H43FN4O4Si/c1-25-32(46(2,3)37)31(17-22-42)45-36(25)29-11-7-8-12-30(29)39(34(36)44)23-26-13-15-27(16-14-26)40-24-41(28-9-5-4-6-10-28)35(33(40)43)18-20-38-21-19-35/h4-16,25,31-32,38,42H,17-24H2,1-3H3/t25-,31+,32-,36+/m1/s1. The normalized spacial score (nSPS) is 27.3. The summed E-state index contributed by atoms with van der Waals surface area (Å²) in [7, 11) is -3.24. The predicted molar refractivity (Wildman–Crippen MR) is 180 cm³/mol. The average Bonchev–Trinajstić information content (AvgIpc) is 3.60. The van der Waals surface area contributed by atoms with Gasteiger partial charge < -0.3 is 29.1 Å². The van der Waals surface area contributed by atoms with E-state index in [0.717, 1.165) is 54.1 Å². The third kappa shape index (κ3) is 4.72. The number of carbonyl (C=O) groups is 2. The molecule has 0 aromatic heterocycles. The van der Waals surface area contributed by atoms with E-state index in [1.165, 1.54) is 0 Å². The van der Waals surface area contributed by atoms with Crippen molar-refractivity contribution in [3.63, 3.8) is 0 Å². The molecular formula is C36H43FN4O4Si. The first-order valence-electron chi connectivity index (χ1n) is 16.5. The molecule has 0 bridgehead atoms. The molecule has 3 aromatic carbocycles. The van der Waals surface area contributed by atoms with Crippen LogP contribution in [0.3, 0.4) is 0 Å². The smallest absolute Gasteiger partial charge is 0.264 e. The Hall–Kier alpha value is -3.57. The minimum Gasteiger partial charge on any atom is -0.396 e. The van der Waals surface area contributed by atoms with Crippen molar-refractivity contribution in [1.82, 2.24) is 5.32 Å².